The molecule has 0 aliphatic heterocycles. The Morgan fingerprint density at radius 2 is 2.00 bits per heavy atom. The maximum Gasteiger partial charge on any atom is 0.244 e. The summed E-state index contributed by atoms with van der Waals surface area (Å²) in [7, 11) is 0. The first kappa shape index (κ1) is 9.69. The fourth-order valence-electron chi connectivity index (χ4n) is 0.468. The largest absolute Gasteiger partial charge is 0.348 e. The number of hydrogen-bond donors (Lipinski definition) is 1. The molecule has 1 N–H and O–H groups in total. The summed E-state index contributed by atoms with van der Waals surface area (Å²) >= 11 is 3.02. The number of amides is 1. The average molecular weight is 206 g/mol. The molecule has 58 valence electrons. The molecule has 0 rings (SSSR count). The van der Waals surface area contributed by atoms with E-state index in [2.05, 4.69) is 21.2 Å². The Labute approximate surface area is 69.8 Å². The van der Waals surface area contributed by atoms with Crippen LogP contribution in [-0.2, 0) is 4.79 Å². The van der Waals surface area contributed by atoms with Gasteiger partial charge in [-0.1, -0.05) is 15.9 Å². The number of hydrogen-bond acceptors (Lipinski definition) is 1. The molecule has 2 nitrogen and oxygen atoms in total. The van der Waals surface area contributed by atoms with Gasteiger partial charge >= 0.3 is 0 Å². The first-order valence-electron chi connectivity index (χ1n) is 3.04. The van der Waals surface area contributed by atoms with Gasteiger partial charge < -0.3 is 5.32 Å². The second-order valence-corrected chi connectivity index (χ2v) is 3.56. The molecule has 0 aliphatic rings. The lowest BCUT2D eigenvalue weighted by Crippen LogP contribution is -2.39. The summed E-state index contributed by atoms with van der Waals surface area (Å²) in [5.41, 5.74) is -0.149. The van der Waals surface area contributed by atoms with Crippen LogP contribution >= 0.6 is 15.9 Å². The van der Waals surface area contributed by atoms with Gasteiger partial charge in [0, 0.05) is 11.6 Å². The molecule has 0 bridgehead atoms. The van der Waals surface area contributed by atoms with Crippen LogP contribution in [0.15, 0.2) is 11.1 Å². The third kappa shape index (κ3) is 5.82. The fraction of sp³-hybridized carbons (Fsp3) is 0.571. The van der Waals surface area contributed by atoms with Gasteiger partial charge in [0.2, 0.25) is 5.91 Å². The molecule has 0 atom stereocenters. The Balaban J connectivity index is 3.81. The highest BCUT2D eigenvalue weighted by atomic mass is 79.9. The number of rotatable bonds is 1. The van der Waals surface area contributed by atoms with E-state index in [4.69, 9.17) is 0 Å². The van der Waals surface area contributed by atoms with Gasteiger partial charge in [-0.15, -0.1) is 0 Å². The van der Waals surface area contributed by atoms with Crippen molar-refractivity contribution in [2.45, 2.75) is 26.3 Å². The molecule has 0 radical (unpaired) electrons. The Bertz CT molecular complexity index is 146. The van der Waals surface area contributed by atoms with Gasteiger partial charge in [0.15, 0.2) is 0 Å². The van der Waals surface area contributed by atoms with Crippen molar-refractivity contribution in [1.29, 1.82) is 0 Å². The van der Waals surface area contributed by atoms with Gasteiger partial charge in [0.1, 0.15) is 0 Å². The molecule has 0 fully saturated rings. The average Bonchev–Trinajstić information content (AvgIpc) is 1.59. The van der Waals surface area contributed by atoms with Crippen molar-refractivity contribution in [2.24, 2.45) is 0 Å². The van der Waals surface area contributed by atoms with Crippen LogP contribution in [0.25, 0.3) is 0 Å². The second-order valence-electron chi connectivity index (χ2n) is 3.03. The highest BCUT2D eigenvalue weighted by Gasteiger charge is 2.10. The van der Waals surface area contributed by atoms with Crippen LogP contribution in [0, 0.1) is 0 Å². The van der Waals surface area contributed by atoms with Crippen LogP contribution in [0.2, 0.25) is 0 Å². The lowest BCUT2D eigenvalue weighted by molar-refractivity contribution is -0.117. The molecule has 10 heavy (non-hydrogen) atoms. The van der Waals surface area contributed by atoms with Crippen molar-refractivity contribution in [3.63, 3.8) is 0 Å². The third-order valence-corrected chi connectivity index (χ3v) is 0.977. The maximum absolute atomic E-state index is 10.8. The summed E-state index contributed by atoms with van der Waals surface area (Å²) in [4.78, 5) is 12.4. The molecule has 3 heteroatoms. The summed E-state index contributed by atoms with van der Waals surface area (Å²) in [6.07, 6.45) is 1.44. The van der Waals surface area contributed by atoms with E-state index in [-0.39, 0.29) is 11.4 Å². The molecule has 0 unspecified atom stereocenters. The quantitative estimate of drug-likeness (QED) is 0.651. The molecule has 0 aromatic carbocycles. The van der Waals surface area contributed by atoms with Crippen LogP contribution < -0.4 is 5.32 Å². The predicted molar refractivity (Wildman–Crippen MR) is 46.0 cm³/mol. The SMILES string of the molecule is CC(C)(C)NC(=O)/C=C/Br. The normalized spacial score (nSPS) is 12.0. The van der Waals surface area contributed by atoms with Crippen LogP contribution in [0.1, 0.15) is 20.8 Å². The molecular weight excluding hydrogens is 194 g/mol. The van der Waals surface area contributed by atoms with Crippen LogP contribution in [0.3, 0.4) is 0 Å². The topological polar surface area (TPSA) is 29.1 Å². The first-order chi connectivity index (χ1) is 4.45. The summed E-state index contributed by atoms with van der Waals surface area (Å²) in [5.74, 6) is -0.0793. The predicted octanol–water partition coefficient (Wildman–Crippen LogP) is 1.81. The Morgan fingerprint density at radius 3 is 2.30 bits per heavy atom. The molecular formula is C7H12BrNO. The van der Waals surface area contributed by atoms with Crippen molar-refractivity contribution < 1.29 is 4.79 Å². The van der Waals surface area contributed by atoms with E-state index < -0.39 is 0 Å². The van der Waals surface area contributed by atoms with Gasteiger partial charge in [-0.2, -0.15) is 0 Å². The third-order valence-electron chi connectivity index (χ3n) is 0.713. The zero-order chi connectivity index (χ0) is 8.20. The van der Waals surface area contributed by atoms with Crippen LogP contribution in [0.5, 0.6) is 0 Å². The van der Waals surface area contributed by atoms with Crippen LogP contribution in [-0.4, -0.2) is 11.4 Å². The molecule has 0 aromatic heterocycles. The lowest BCUT2D eigenvalue weighted by Gasteiger charge is -2.18. The summed E-state index contributed by atoms with van der Waals surface area (Å²) in [5, 5.41) is 2.76. The number of carbonyl (C=O) groups is 1. The number of nitrogens with one attached hydrogen (secondary N) is 1. The molecule has 0 heterocycles. The van der Waals surface area contributed by atoms with E-state index in [1.807, 2.05) is 20.8 Å². The summed E-state index contributed by atoms with van der Waals surface area (Å²) < 4.78 is 0. The van der Waals surface area contributed by atoms with E-state index in [0.717, 1.165) is 0 Å². The number of halogens is 1. The van der Waals surface area contributed by atoms with Crippen molar-refractivity contribution in [3.8, 4) is 0 Å². The maximum atomic E-state index is 10.8. The lowest BCUT2D eigenvalue weighted by atomic mass is 10.1. The fourth-order valence-corrected chi connectivity index (χ4v) is 0.709. The molecule has 0 saturated carbocycles. The molecule has 0 spiro atoms. The summed E-state index contributed by atoms with van der Waals surface area (Å²) in [6.45, 7) is 5.81. The Morgan fingerprint density at radius 1 is 1.50 bits per heavy atom. The molecule has 1 amide bonds. The van der Waals surface area contributed by atoms with Crippen molar-refractivity contribution in [2.75, 3.05) is 0 Å². The number of carbonyl (C=O) groups excluding carboxylic acids is 1. The first-order valence-corrected chi connectivity index (χ1v) is 3.96. The van der Waals surface area contributed by atoms with Gasteiger partial charge in [0.25, 0.3) is 0 Å². The van der Waals surface area contributed by atoms with E-state index in [1.165, 1.54) is 11.1 Å². The van der Waals surface area contributed by atoms with E-state index in [9.17, 15) is 4.79 Å². The molecule has 0 aromatic rings. The van der Waals surface area contributed by atoms with Crippen molar-refractivity contribution >= 4 is 21.8 Å². The van der Waals surface area contributed by atoms with Crippen LogP contribution in [0.4, 0.5) is 0 Å². The minimum absolute atomic E-state index is 0.0793. The minimum atomic E-state index is -0.149. The summed E-state index contributed by atoms with van der Waals surface area (Å²) in [6, 6.07) is 0. The Hall–Kier alpha value is -0.310. The highest BCUT2D eigenvalue weighted by molar-refractivity contribution is 9.11. The molecule has 0 aliphatic carbocycles. The van der Waals surface area contributed by atoms with Crippen molar-refractivity contribution in [1.82, 2.24) is 5.32 Å². The van der Waals surface area contributed by atoms with Gasteiger partial charge in [-0.3, -0.25) is 4.79 Å². The monoisotopic (exact) mass is 205 g/mol. The smallest absolute Gasteiger partial charge is 0.244 e. The van der Waals surface area contributed by atoms with Gasteiger partial charge in [-0.25, -0.2) is 0 Å². The Kier molecular flexibility index (Phi) is 3.64. The van der Waals surface area contributed by atoms with Gasteiger partial charge in [0.05, 0.1) is 0 Å². The van der Waals surface area contributed by atoms with E-state index in [0.29, 0.717) is 0 Å². The standard InChI is InChI=1S/C7H12BrNO/c1-7(2,3)9-6(10)4-5-8/h4-5H,1-3H3,(H,9,10)/b5-4+. The molecule has 0 saturated heterocycles. The minimum Gasteiger partial charge on any atom is -0.348 e. The van der Waals surface area contributed by atoms with Gasteiger partial charge in [-0.05, 0) is 25.8 Å². The van der Waals surface area contributed by atoms with Crippen molar-refractivity contribution in [3.05, 3.63) is 11.1 Å². The zero-order valence-electron chi connectivity index (χ0n) is 6.44. The van der Waals surface area contributed by atoms with E-state index in [1.54, 1.807) is 0 Å². The second kappa shape index (κ2) is 3.76. The zero-order valence-corrected chi connectivity index (χ0v) is 8.03. The van der Waals surface area contributed by atoms with E-state index >= 15 is 0 Å². The highest BCUT2D eigenvalue weighted by Crippen LogP contribution is 1.98.